The minimum atomic E-state index is -0.246. The van der Waals surface area contributed by atoms with Crippen molar-refractivity contribution in [2.75, 3.05) is 7.05 Å². The van der Waals surface area contributed by atoms with Crippen LogP contribution < -0.4 is 0 Å². The van der Waals surface area contributed by atoms with E-state index in [0.29, 0.717) is 11.6 Å². The molecule has 1 N–H and O–H groups in total. The number of rotatable bonds is 3. The molecule has 2 rings (SSSR count). The Morgan fingerprint density at radius 2 is 2.26 bits per heavy atom. The van der Waals surface area contributed by atoms with Gasteiger partial charge >= 0.3 is 0 Å². The Balaban J connectivity index is 2.16. The van der Waals surface area contributed by atoms with Gasteiger partial charge < -0.3 is 10.0 Å². The van der Waals surface area contributed by atoms with Crippen LogP contribution in [0, 0.1) is 0 Å². The molecule has 0 atom stereocenters. The smallest absolute Gasteiger partial charge is 0.255 e. The number of carbonyl (C=O) groups excluding carboxylic acids is 1. The standard InChI is InChI=1S/C13H14ClN3O2/c1-16(7-9-6-15-17(2)8-9)13(19)11-5-10(18)3-4-12(11)14/h3-6,8,18H,7H2,1-2H3. The van der Waals surface area contributed by atoms with Crippen LogP contribution in [0.5, 0.6) is 5.75 Å². The van der Waals surface area contributed by atoms with Crippen LogP contribution >= 0.6 is 11.6 Å². The Labute approximate surface area is 116 Å². The predicted octanol–water partition coefficient (Wildman–Crippen LogP) is 2.05. The lowest BCUT2D eigenvalue weighted by Gasteiger charge is -2.17. The number of aromatic hydroxyl groups is 1. The zero-order valence-electron chi connectivity index (χ0n) is 10.7. The first-order valence-corrected chi connectivity index (χ1v) is 6.06. The summed E-state index contributed by atoms with van der Waals surface area (Å²) in [5, 5.41) is 13.8. The lowest BCUT2D eigenvalue weighted by atomic mass is 10.2. The highest BCUT2D eigenvalue weighted by Crippen LogP contribution is 2.22. The van der Waals surface area contributed by atoms with Gasteiger partial charge in [-0.15, -0.1) is 0 Å². The predicted molar refractivity (Wildman–Crippen MR) is 72.1 cm³/mol. The molecule has 0 radical (unpaired) electrons. The van der Waals surface area contributed by atoms with Gasteiger partial charge in [0.25, 0.3) is 5.91 Å². The highest BCUT2D eigenvalue weighted by molar-refractivity contribution is 6.33. The molecule has 0 saturated heterocycles. The first kappa shape index (κ1) is 13.4. The molecule has 6 heteroatoms. The molecule has 0 bridgehead atoms. The van der Waals surface area contributed by atoms with Crippen LogP contribution in [0.25, 0.3) is 0 Å². The Bertz CT molecular complexity index is 610. The number of carbonyl (C=O) groups is 1. The molecular weight excluding hydrogens is 266 g/mol. The molecule has 19 heavy (non-hydrogen) atoms. The van der Waals surface area contributed by atoms with Crippen LogP contribution in [-0.4, -0.2) is 32.7 Å². The molecule has 0 spiro atoms. The Morgan fingerprint density at radius 3 is 2.89 bits per heavy atom. The third kappa shape index (κ3) is 3.06. The number of aromatic nitrogens is 2. The van der Waals surface area contributed by atoms with Crippen molar-refractivity contribution >= 4 is 17.5 Å². The van der Waals surface area contributed by atoms with E-state index in [2.05, 4.69) is 5.10 Å². The summed E-state index contributed by atoms with van der Waals surface area (Å²) >= 11 is 5.97. The molecule has 0 aliphatic carbocycles. The largest absolute Gasteiger partial charge is 0.508 e. The van der Waals surface area contributed by atoms with Gasteiger partial charge in [-0.1, -0.05) is 11.6 Å². The Kier molecular flexibility index (Phi) is 3.76. The van der Waals surface area contributed by atoms with Gasteiger partial charge in [-0.3, -0.25) is 9.48 Å². The van der Waals surface area contributed by atoms with E-state index in [-0.39, 0.29) is 17.2 Å². The molecule has 0 aliphatic rings. The van der Waals surface area contributed by atoms with E-state index in [9.17, 15) is 9.90 Å². The summed E-state index contributed by atoms with van der Waals surface area (Å²) in [4.78, 5) is 13.8. The van der Waals surface area contributed by atoms with Crippen LogP contribution in [0.15, 0.2) is 30.6 Å². The average Bonchev–Trinajstić information content (AvgIpc) is 2.77. The van der Waals surface area contributed by atoms with Crippen molar-refractivity contribution < 1.29 is 9.90 Å². The van der Waals surface area contributed by atoms with Gasteiger partial charge in [0, 0.05) is 32.4 Å². The maximum atomic E-state index is 12.2. The summed E-state index contributed by atoms with van der Waals surface area (Å²) in [6.07, 6.45) is 3.54. The lowest BCUT2D eigenvalue weighted by molar-refractivity contribution is 0.0785. The van der Waals surface area contributed by atoms with Gasteiger partial charge in [0.1, 0.15) is 5.75 Å². The Hall–Kier alpha value is -2.01. The second-order valence-electron chi connectivity index (χ2n) is 4.35. The molecular formula is C13H14ClN3O2. The molecule has 2 aromatic rings. The maximum Gasteiger partial charge on any atom is 0.255 e. The summed E-state index contributed by atoms with van der Waals surface area (Å²) < 4.78 is 1.68. The molecule has 0 unspecified atom stereocenters. The van der Waals surface area contributed by atoms with Crippen LogP contribution in [0.3, 0.4) is 0 Å². The number of phenolic OH excluding ortho intramolecular Hbond substituents is 1. The third-order valence-electron chi connectivity index (χ3n) is 2.71. The van der Waals surface area contributed by atoms with Crippen LogP contribution in [0.1, 0.15) is 15.9 Å². The highest BCUT2D eigenvalue weighted by Gasteiger charge is 2.16. The lowest BCUT2D eigenvalue weighted by Crippen LogP contribution is -2.26. The molecule has 1 aromatic heterocycles. The van der Waals surface area contributed by atoms with Crippen LogP contribution in [-0.2, 0) is 13.6 Å². The van der Waals surface area contributed by atoms with E-state index in [4.69, 9.17) is 11.6 Å². The second kappa shape index (κ2) is 5.32. The van der Waals surface area contributed by atoms with Crippen molar-refractivity contribution in [3.05, 3.63) is 46.7 Å². The van der Waals surface area contributed by atoms with Crippen molar-refractivity contribution in [1.82, 2.24) is 14.7 Å². The normalized spacial score (nSPS) is 10.5. The minimum absolute atomic E-state index is 0.0162. The zero-order chi connectivity index (χ0) is 14.0. The van der Waals surface area contributed by atoms with E-state index < -0.39 is 0 Å². The fourth-order valence-electron chi connectivity index (χ4n) is 1.78. The first-order valence-electron chi connectivity index (χ1n) is 5.69. The quantitative estimate of drug-likeness (QED) is 0.935. The number of phenols is 1. The number of halogens is 1. The van der Waals surface area contributed by atoms with Crippen LogP contribution in [0.2, 0.25) is 5.02 Å². The SMILES string of the molecule is CN(Cc1cnn(C)c1)C(=O)c1cc(O)ccc1Cl. The summed E-state index contributed by atoms with van der Waals surface area (Å²) in [5.41, 5.74) is 1.21. The van der Waals surface area contributed by atoms with Crippen molar-refractivity contribution in [3.63, 3.8) is 0 Å². The summed E-state index contributed by atoms with van der Waals surface area (Å²) in [6.45, 7) is 0.429. The number of hydrogen-bond donors (Lipinski definition) is 1. The number of amides is 1. The van der Waals surface area contributed by atoms with Gasteiger partial charge in [0.15, 0.2) is 0 Å². The van der Waals surface area contributed by atoms with Crippen molar-refractivity contribution in [1.29, 1.82) is 0 Å². The average molecular weight is 280 g/mol. The minimum Gasteiger partial charge on any atom is -0.508 e. The number of aryl methyl sites for hydroxylation is 1. The van der Waals surface area contributed by atoms with Crippen molar-refractivity contribution in [2.24, 2.45) is 7.05 Å². The second-order valence-corrected chi connectivity index (χ2v) is 4.75. The zero-order valence-corrected chi connectivity index (χ0v) is 11.4. The molecule has 0 fully saturated rings. The van der Waals surface area contributed by atoms with E-state index in [1.54, 1.807) is 17.9 Å². The molecule has 1 heterocycles. The maximum absolute atomic E-state index is 12.2. The molecule has 0 aliphatic heterocycles. The van der Waals surface area contributed by atoms with E-state index in [1.807, 2.05) is 13.2 Å². The van der Waals surface area contributed by atoms with E-state index in [0.717, 1.165) is 5.56 Å². The summed E-state index contributed by atoms with van der Waals surface area (Å²) in [6, 6.07) is 4.31. The molecule has 0 saturated carbocycles. The highest BCUT2D eigenvalue weighted by atomic mass is 35.5. The topological polar surface area (TPSA) is 58.4 Å². The fourth-order valence-corrected chi connectivity index (χ4v) is 1.98. The molecule has 5 nitrogen and oxygen atoms in total. The fraction of sp³-hybridized carbons (Fsp3) is 0.231. The number of nitrogens with zero attached hydrogens (tertiary/aromatic N) is 3. The first-order chi connectivity index (χ1) is 8.97. The van der Waals surface area contributed by atoms with E-state index in [1.165, 1.54) is 23.1 Å². The van der Waals surface area contributed by atoms with E-state index >= 15 is 0 Å². The summed E-state index contributed by atoms with van der Waals surface area (Å²) in [7, 11) is 3.49. The van der Waals surface area contributed by atoms with Gasteiger partial charge in [0.2, 0.25) is 0 Å². The third-order valence-corrected chi connectivity index (χ3v) is 3.03. The number of benzene rings is 1. The number of hydrogen-bond acceptors (Lipinski definition) is 3. The van der Waals surface area contributed by atoms with Gasteiger partial charge in [0.05, 0.1) is 16.8 Å². The molecule has 100 valence electrons. The van der Waals surface area contributed by atoms with Crippen molar-refractivity contribution in [2.45, 2.75) is 6.54 Å². The summed E-state index contributed by atoms with van der Waals surface area (Å²) in [5.74, 6) is -0.229. The molecule has 1 amide bonds. The molecule has 1 aromatic carbocycles. The van der Waals surface area contributed by atoms with Crippen molar-refractivity contribution in [3.8, 4) is 5.75 Å². The van der Waals surface area contributed by atoms with Gasteiger partial charge in [-0.25, -0.2) is 0 Å². The Morgan fingerprint density at radius 1 is 1.53 bits per heavy atom. The van der Waals surface area contributed by atoms with Gasteiger partial charge in [-0.2, -0.15) is 5.10 Å². The van der Waals surface area contributed by atoms with Gasteiger partial charge in [-0.05, 0) is 18.2 Å². The monoisotopic (exact) mass is 279 g/mol. The van der Waals surface area contributed by atoms with Crippen LogP contribution in [0.4, 0.5) is 0 Å².